The first-order valence-corrected chi connectivity index (χ1v) is 10.9. The molecule has 0 aliphatic carbocycles. The van der Waals surface area contributed by atoms with Gasteiger partial charge in [-0.3, -0.25) is 0 Å². The summed E-state index contributed by atoms with van der Waals surface area (Å²) in [5, 5.41) is 0. The predicted octanol–water partition coefficient (Wildman–Crippen LogP) is 8.58. The smallest absolute Gasteiger partial charge is 0.0172 e. The van der Waals surface area contributed by atoms with Gasteiger partial charge in [0.25, 0.3) is 0 Å². The number of benzene rings is 4. The van der Waals surface area contributed by atoms with Crippen molar-refractivity contribution < 1.29 is 0 Å². The maximum atomic E-state index is 2.25. The number of rotatable bonds is 7. The average molecular weight is 411 g/mol. The highest BCUT2D eigenvalue weighted by molar-refractivity contribution is 5.89. The number of hydrogen-bond acceptors (Lipinski definition) is 0. The summed E-state index contributed by atoms with van der Waals surface area (Å²) in [4.78, 5) is 0. The van der Waals surface area contributed by atoms with E-state index in [1.165, 1.54) is 27.8 Å². The van der Waals surface area contributed by atoms with Crippen LogP contribution in [0.4, 0.5) is 0 Å². The molecule has 154 valence electrons. The predicted molar refractivity (Wildman–Crippen MR) is 140 cm³/mol. The van der Waals surface area contributed by atoms with Gasteiger partial charge in [0.05, 0.1) is 0 Å². The van der Waals surface area contributed by atoms with Gasteiger partial charge in [0, 0.05) is 0 Å². The van der Waals surface area contributed by atoms with Crippen molar-refractivity contribution in [1.82, 2.24) is 0 Å². The van der Waals surface area contributed by atoms with Crippen molar-refractivity contribution in [1.29, 1.82) is 0 Å². The molecule has 0 saturated heterocycles. The second-order valence-electron chi connectivity index (χ2n) is 7.51. The van der Waals surface area contributed by atoms with Crippen molar-refractivity contribution in [3.8, 4) is 0 Å². The minimum Gasteiger partial charge on any atom is -0.0622 e. The zero-order valence-corrected chi connectivity index (χ0v) is 18.0. The fourth-order valence-corrected chi connectivity index (χ4v) is 3.41. The lowest BCUT2D eigenvalue weighted by atomic mass is 9.99. The molecule has 0 radical (unpaired) electrons. The fraction of sp³-hybridized carbons (Fsp3) is 0. The third kappa shape index (κ3) is 6.42. The van der Waals surface area contributed by atoms with E-state index in [0.717, 1.165) is 5.57 Å². The van der Waals surface area contributed by atoms with E-state index < -0.39 is 0 Å². The summed E-state index contributed by atoms with van der Waals surface area (Å²) in [6.45, 7) is 0. The summed E-state index contributed by atoms with van der Waals surface area (Å²) in [5.41, 5.74) is 7.03. The van der Waals surface area contributed by atoms with Crippen LogP contribution in [0, 0.1) is 0 Å². The Bertz CT molecular complexity index is 1160. The van der Waals surface area contributed by atoms with Crippen LogP contribution < -0.4 is 0 Å². The lowest BCUT2D eigenvalue weighted by Crippen LogP contribution is -1.84. The Balaban J connectivity index is 1.76. The van der Waals surface area contributed by atoms with Crippen LogP contribution in [0.1, 0.15) is 22.3 Å². The molecule has 0 N–H and O–H groups in total. The molecular formula is C32H26. The van der Waals surface area contributed by atoms with Gasteiger partial charge in [-0.25, -0.2) is 0 Å². The Hall–Kier alpha value is -4.16. The third-order valence-corrected chi connectivity index (χ3v) is 5.09. The quantitative estimate of drug-likeness (QED) is 0.211. The topological polar surface area (TPSA) is 0 Å². The van der Waals surface area contributed by atoms with Gasteiger partial charge in [-0.2, -0.15) is 0 Å². The highest BCUT2D eigenvalue weighted by Crippen LogP contribution is 2.23. The molecule has 0 unspecified atom stereocenters. The Kier molecular flexibility index (Phi) is 7.44. The largest absolute Gasteiger partial charge is 0.0622 e. The van der Waals surface area contributed by atoms with Crippen molar-refractivity contribution in [2.75, 3.05) is 0 Å². The van der Waals surface area contributed by atoms with Gasteiger partial charge in [-0.1, -0.05) is 146 Å². The van der Waals surface area contributed by atoms with Crippen LogP contribution in [0.2, 0.25) is 0 Å². The summed E-state index contributed by atoms with van der Waals surface area (Å²) in [6, 6.07) is 41.8. The second kappa shape index (κ2) is 11.3. The molecule has 0 nitrogen and oxygen atoms in total. The lowest BCUT2D eigenvalue weighted by molar-refractivity contribution is 1.59. The third-order valence-electron chi connectivity index (χ3n) is 5.09. The van der Waals surface area contributed by atoms with E-state index >= 15 is 0 Å². The first-order chi connectivity index (χ1) is 15.9. The van der Waals surface area contributed by atoms with Crippen LogP contribution in [-0.2, 0) is 0 Å². The van der Waals surface area contributed by atoms with E-state index in [1.807, 2.05) is 18.2 Å². The molecule has 0 amide bonds. The molecule has 0 aliphatic rings. The van der Waals surface area contributed by atoms with Crippen molar-refractivity contribution in [3.05, 3.63) is 167 Å². The van der Waals surface area contributed by atoms with Crippen LogP contribution in [-0.4, -0.2) is 0 Å². The Morgan fingerprint density at radius 1 is 0.438 bits per heavy atom. The second-order valence-corrected chi connectivity index (χ2v) is 7.51. The molecule has 0 heteroatoms. The molecule has 0 atom stereocenters. The van der Waals surface area contributed by atoms with Crippen LogP contribution in [0.15, 0.2) is 145 Å². The summed E-state index contributed by atoms with van der Waals surface area (Å²) < 4.78 is 0. The molecule has 0 fully saturated rings. The highest BCUT2D eigenvalue weighted by Gasteiger charge is 2.01. The van der Waals surface area contributed by atoms with Crippen LogP contribution in [0.25, 0.3) is 23.8 Å². The lowest BCUT2D eigenvalue weighted by Gasteiger charge is -2.06. The van der Waals surface area contributed by atoms with E-state index in [1.54, 1.807) is 0 Å². The molecule has 4 aromatic rings. The van der Waals surface area contributed by atoms with Crippen LogP contribution >= 0.6 is 0 Å². The summed E-state index contributed by atoms with van der Waals surface area (Å²) in [7, 11) is 0. The minimum absolute atomic E-state index is 1.13. The molecule has 0 saturated carbocycles. The first kappa shape index (κ1) is 21.1. The average Bonchev–Trinajstić information content (AvgIpc) is 2.87. The molecule has 0 aliphatic heterocycles. The normalized spacial score (nSPS) is 11.7. The zero-order chi connectivity index (χ0) is 21.8. The van der Waals surface area contributed by atoms with Crippen molar-refractivity contribution in [2.24, 2.45) is 0 Å². The zero-order valence-electron chi connectivity index (χ0n) is 18.0. The van der Waals surface area contributed by atoms with E-state index in [-0.39, 0.29) is 0 Å². The fourth-order valence-electron chi connectivity index (χ4n) is 3.41. The van der Waals surface area contributed by atoms with Gasteiger partial charge in [-0.05, 0) is 45.6 Å². The van der Waals surface area contributed by atoms with Gasteiger partial charge in [-0.15, -0.1) is 0 Å². The van der Waals surface area contributed by atoms with E-state index in [4.69, 9.17) is 0 Å². The maximum Gasteiger partial charge on any atom is -0.0172 e. The minimum atomic E-state index is 1.13. The maximum absolute atomic E-state index is 2.25. The van der Waals surface area contributed by atoms with Gasteiger partial charge in [0.15, 0.2) is 0 Å². The Morgan fingerprint density at radius 2 is 0.844 bits per heavy atom. The van der Waals surface area contributed by atoms with Crippen molar-refractivity contribution >= 4 is 23.8 Å². The van der Waals surface area contributed by atoms with Gasteiger partial charge in [0.2, 0.25) is 0 Å². The highest BCUT2D eigenvalue weighted by atomic mass is 14.1. The van der Waals surface area contributed by atoms with Crippen LogP contribution in [0.5, 0.6) is 0 Å². The van der Waals surface area contributed by atoms with Gasteiger partial charge >= 0.3 is 0 Å². The summed E-state index contributed by atoms with van der Waals surface area (Å²) in [6.07, 6.45) is 13.2. The van der Waals surface area contributed by atoms with E-state index in [0.29, 0.717) is 0 Å². The molecule has 0 bridgehead atoms. The SMILES string of the molecule is C(=Cc1ccccc1)C(C=Cc1ccccc1)=CC(=Cc1ccccc1)c1ccccc1. The number of allylic oxidation sites excluding steroid dienone is 5. The van der Waals surface area contributed by atoms with Crippen LogP contribution in [0.3, 0.4) is 0 Å². The Morgan fingerprint density at radius 3 is 1.31 bits per heavy atom. The molecule has 32 heavy (non-hydrogen) atoms. The number of hydrogen-bond donors (Lipinski definition) is 0. The molecule has 0 heterocycles. The summed E-state index contributed by atoms with van der Waals surface area (Å²) >= 11 is 0. The standard InChI is InChI=1S/C32H26/c1-5-13-27(14-6-1)21-23-30(24-22-28-15-7-2-8-16-28)26-32(31-19-11-4-12-20-31)25-29-17-9-3-10-18-29/h1-26H. The molecular weight excluding hydrogens is 384 g/mol. The molecule has 4 rings (SSSR count). The van der Waals surface area contributed by atoms with E-state index in [2.05, 4.69) is 140 Å². The Labute approximate surface area is 191 Å². The first-order valence-electron chi connectivity index (χ1n) is 10.9. The molecule has 4 aromatic carbocycles. The monoisotopic (exact) mass is 410 g/mol. The van der Waals surface area contributed by atoms with Crippen molar-refractivity contribution in [2.45, 2.75) is 0 Å². The van der Waals surface area contributed by atoms with E-state index in [9.17, 15) is 0 Å². The van der Waals surface area contributed by atoms with Crippen molar-refractivity contribution in [3.63, 3.8) is 0 Å². The van der Waals surface area contributed by atoms with Gasteiger partial charge < -0.3 is 0 Å². The molecule has 0 aromatic heterocycles. The van der Waals surface area contributed by atoms with Gasteiger partial charge in [0.1, 0.15) is 0 Å². The molecule has 0 spiro atoms. The summed E-state index contributed by atoms with van der Waals surface area (Å²) in [5.74, 6) is 0.